The van der Waals surface area contributed by atoms with Crippen LogP contribution in [0.1, 0.15) is 18.1 Å². The zero-order valence-corrected chi connectivity index (χ0v) is 17.2. The average Bonchev–Trinajstić information content (AvgIpc) is 2.65. The molecule has 3 N–H and O–H groups in total. The fraction of sp³-hybridized carbons (Fsp3) is 0.143. The van der Waals surface area contributed by atoms with Crippen molar-refractivity contribution in [3.63, 3.8) is 0 Å². The molecule has 3 aromatic rings. The molecule has 0 aliphatic rings. The van der Waals surface area contributed by atoms with E-state index in [4.69, 9.17) is 0 Å². The van der Waals surface area contributed by atoms with Gasteiger partial charge in [-0.1, -0.05) is 30.3 Å². The topological polar surface area (TPSA) is 73.7 Å². The van der Waals surface area contributed by atoms with Crippen molar-refractivity contribution in [1.29, 1.82) is 0 Å². The van der Waals surface area contributed by atoms with E-state index in [0.717, 1.165) is 25.6 Å². The Hall–Kier alpha value is -2.61. The molecule has 0 fully saturated rings. The number of carbonyl (C=O) groups excluding carboxylic acids is 1. The first kappa shape index (κ1) is 19.2. The Labute approximate surface area is 171 Å². The van der Waals surface area contributed by atoms with E-state index < -0.39 is 6.04 Å². The zero-order chi connectivity index (χ0) is 19.4. The van der Waals surface area contributed by atoms with E-state index in [1.165, 1.54) is 6.21 Å². The van der Waals surface area contributed by atoms with Gasteiger partial charge < -0.3 is 10.4 Å². The molecule has 0 saturated heterocycles. The van der Waals surface area contributed by atoms with Crippen molar-refractivity contribution in [2.75, 3.05) is 5.32 Å². The van der Waals surface area contributed by atoms with Gasteiger partial charge >= 0.3 is 0 Å². The number of nitrogens with one attached hydrogen (secondary N) is 2. The highest BCUT2D eigenvalue weighted by molar-refractivity contribution is 14.1. The van der Waals surface area contributed by atoms with Crippen LogP contribution in [0.5, 0.6) is 5.75 Å². The monoisotopic (exact) mass is 473 g/mol. The Morgan fingerprint density at radius 1 is 1.19 bits per heavy atom. The highest BCUT2D eigenvalue weighted by Crippen LogP contribution is 2.25. The summed E-state index contributed by atoms with van der Waals surface area (Å²) in [6.45, 7) is 3.77. The number of aromatic hydroxyl groups is 1. The van der Waals surface area contributed by atoms with Crippen molar-refractivity contribution in [1.82, 2.24) is 5.43 Å². The first-order valence-corrected chi connectivity index (χ1v) is 9.60. The molecule has 0 radical (unpaired) electrons. The van der Waals surface area contributed by atoms with Crippen LogP contribution < -0.4 is 10.7 Å². The van der Waals surface area contributed by atoms with Gasteiger partial charge in [-0.3, -0.25) is 4.79 Å². The fourth-order valence-corrected chi connectivity index (χ4v) is 3.41. The normalized spacial score (nSPS) is 12.3. The molecule has 1 atom stereocenters. The summed E-state index contributed by atoms with van der Waals surface area (Å²) in [6.07, 6.45) is 1.47. The van der Waals surface area contributed by atoms with Gasteiger partial charge in [0.1, 0.15) is 11.8 Å². The Bertz CT molecular complexity index is 1020. The van der Waals surface area contributed by atoms with Crippen LogP contribution in [0.4, 0.5) is 5.69 Å². The lowest BCUT2D eigenvalue weighted by molar-refractivity contribution is -0.121. The van der Waals surface area contributed by atoms with Crippen molar-refractivity contribution in [3.8, 4) is 5.75 Å². The lowest BCUT2D eigenvalue weighted by Crippen LogP contribution is -2.35. The lowest BCUT2D eigenvalue weighted by atomic mass is 10.0. The predicted octanol–water partition coefficient (Wildman–Crippen LogP) is 4.41. The molecule has 0 spiro atoms. The van der Waals surface area contributed by atoms with Crippen molar-refractivity contribution < 1.29 is 9.90 Å². The third kappa shape index (κ3) is 4.57. The van der Waals surface area contributed by atoms with Crippen LogP contribution in [0.25, 0.3) is 10.8 Å². The van der Waals surface area contributed by atoms with Gasteiger partial charge in [-0.15, -0.1) is 0 Å². The van der Waals surface area contributed by atoms with E-state index in [9.17, 15) is 9.90 Å². The second kappa shape index (κ2) is 8.39. The maximum Gasteiger partial charge on any atom is 0.262 e. The molecule has 0 bridgehead atoms. The zero-order valence-electron chi connectivity index (χ0n) is 15.0. The first-order chi connectivity index (χ1) is 13.0. The predicted molar refractivity (Wildman–Crippen MR) is 118 cm³/mol. The summed E-state index contributed by atoms with van der Waals surface area (Å²) in [5.74, 6) is -0.142. The number of benzene rings is 3. The molecule has 0 aliphatic heterocycles. The van der Waals surface area contributed by atoms with Crippen LogP contribution in [-0.2, 0) is 4.79 Å². The Balaban J connectivity index is 1.69. The number of amides is 1. The van der Waals surface area contributed by atoms with Crippen LogP contribution in [0.15, 0.2) is 59.7 Å². The quantitative estimate of drug-likeness (QED) is 0.292. The average molecular weight is 473 g/mol. The minimum Gasteiger partial charge on any atom is -0.507 e. The van der Waals surface area contributed by atoms with Crippen LogP contribution in [0.3, 0.4) is 0 Å². The number of phenols is 1. The van der Waals surface area contributed by atoms with Crippen LogP contribution in [-0.4, -0.2) is 23.3 Å². The molecule has 0 heterocycles. The molecule has 0 saturated carbocycles. The molecule has 138 valence electrons. The number of hydrogen-bond acceptors (Lipinski definition) is 4. The summed E-state index contributed by atoms with van der Waals surface area (Å²) in [6, 6.07) is 16.7. The van der Waals surface area contributed by atoms with Gasteiger partial charge in [0.05, 0.1) is 6.21 Å². The number of hydrogen-bond donors (Lipinski definition) is 3. The van der Waals surface area contributed by atoms with E-state index in [1.807, 2.05) is 49.4 Å². The number of hydrazone groups is 1. The molecule has 5 nitrogen and oxygen atoms in total. The highest BCUT2D eigenvalue weighted by Gasteiger charge is 2.13. The lowest BCUT2D eigenvalue weighted by Gasteiger charge is -2.15. The summed E-state index contributed by atoms with van der Waals surface area (Å²) in [5.41, 5.74) is 5.09. The van der Waals surface area contributed by atoms with Crippen molar-refractivity contribution >= 4 is 51.2 Å². The Morgan fingerprint density at radius 3 is 2.74 bits per heavy atom. The maximum atomic E-state index is 12.3. The smallest absolute Gasteiger partial charge is 0.262 e. The number of carbonyl (C=O) groups is 1. The SMILES string of the molecule is Cc1cc(I)ccc1NC(C)C(=O)N/N=C/c1c(O)ccc2ccccc12. The minimum atomic E-state index is -0.456. The third-order valence-corrected chi connectivity index (χ3v) is 4.94. The third-order valence-electron chi connectivity index (χ3n) is 4.27. The van der Waals surface area contributed by atoms with Gasteiger partial charge in [0, 0.05) is 14.8 Å². The van der Waals surface area contributed by atoms with Gasteiger partial charge in [0.25, 0.3) is 5.91 Å². The summed E-state index contributed by atoms with van der Waals surface area (Å²) >= 11 is 2.25. The molecule has 0 aromatic heterocycles. The Kier molecular flexibility index (Phi) is 5.95. The number of nitrogens with zero attached hydrogens (tertiary/aromatic N) is 1. The molecule has 3 aromatic carbocycles. The van der Waals surface area contributed by atoms with Crippen LogP contribution >= 0.6 is 22.6 Å². The van der Waals surface area contributed by atoms with Crippen molar-refractivity contribution in [2.24, 2.45) is 5.10 Å². The molecular formula is C21H20IN3O2. The number of fused-ring (bicyclic) bond motifs is 1. The number of halogens is 1. The summed E-state index contributed by atoms with van der Waals surface area (Å²) in [7, 11) is 0. The standard InChI is InChI=1S/C21H20IN3O2/c1-13-11-16(22)8-9-19(13)24-14(2)21(27)25-23-12-18-17-6-4-3-5-15(17)7-10-20(18)26/h3-12,14,24,26H,1-2H3,(H,25,27)/b23-12+. The molecular weight excluding hydrogens is 453 g/mol. The van der Waals surface area contributed by atoms with E-state index in [2.05, 4.69) is 44.5 Å². The van der Waals surface area contributed by atoms with Crippen molar-refractivity contribution in [3.05, 3.63) is 69.3 Å². The van der Waals surface area contributed by atoms with Gasteiger partial charge in [0.2, 0.25) is 0 Å². The number of rotatable bonds is 5. The van der Waals surface area contributed by atoms with Gasteiger partial charge in [-0.05, 0) is 77.0 Å². The second-order valence-corrected chi connectivity index (χ2v) is 7.52. The fourth-order valence-electron chi connectivity index (χ4n) is 2.76. The van der Waals surface area contributed by atoms with E-state index in [1.54, 1.807) is 13.0 Å². The van der Waals surface area contributed by atoms with E-state index >= 15 is 0 Å². The van der Waals surface area contributed by atoms with Crippen LogP contribution in [0, 0.1) is 10.5 Å². The van der Waals surface area contributed by atoms with E-state index in [0.29, 0.717) is 5.56 Å². The molecule has 27 heavy (non-hydrogen) atoms. The number of anilines is 1. The molecule has 1 unspecified atom stereocenters. The second-order valence-electron chi connectivity index (χ2n) is 6.28. The van der Waals surface area contributed by atoms with Crippen molar-refractivity contribution in [2.45, 2.75) is 19.9 Å². The molecule has 3 rings (SSSR count). The van der Waals surface area contributed by atoms with Gasteiger partial charge in [0.15, 0.2) is 0 Å². The first-order valence-electron chi connectivity index (χ1n) is 8.52. The van der Waals surface area contributed by atoms with Gasteiger partial charge in [-0.2, -0.15) is 5.10 Å². The maximum absolute atomic E-state index is 12.3. The molecule has 1 amide bonds. The van der Waals surface area contributed by atoms with Gasteiger partial charge in [-0.25, -0.2) is 5.43 Å². The number of aryl methyl sites for hydroxylation is 1. The summed E-state index contributed by atoms with van der Waals surface area (Å²) in [4.78, 5) is 12.3. The van der Waals surface area contributed by atoms with Crippen LogP contribution in [0.2, 0.25) is 0 Å². The largest absolute Gasteiger partial charge is 0.507 e. The highest BCUT2D eigenvalue weighted by atomic mass is 127. The van der Waals surface area contributed by atoms with E-state index in [-0.39, 0.29) is 11.7 Å². The molecule has 0 aliphatic carbocycles. The summed E-state index contributed by atoms with van der Waals surface area (Å²) in [5, 5.41) is 19.2. The summed E-state index contributed by atoms with van der Waals surface area (Å²) < 4.78 is 1.15. The Morgan fingerprint density at radius 2 is 1.96 bits per heavy atom. The molecule has 6 heteroatoms. The minimum absolute atomic E-state index is 0.118. The number of phenolic OH excluding ortho intramolecular Hbond substituents is 1.